The highest BCUT2D eigenvalue weighted by Crippen LogP contribution is 2.18. The lowest BCUT2D eigenvalue weighted by Crippen LogP contribution is -2.26. The lowest BCUT2D eigenvalue weighted by molar-refractivity contribution is 0.0965. The zero-order valence-electron chi connectivity index (χ0n) is 12.3. The van der Waals surface area contributed by atoms with Gasteiger partial charge in [-0.15, -0.1) is 0 Å². The second-order valence-corrected chi connectivity index (χ2v) is 4.97. The summed E-state index contributed by atoms with van der Waals surface area (Å²) >= 11 is 0. The molecule has 2 heteroatoms. The minimum Gasteiger partial charge on any atom is -0.303 e. The number of hydrogen-bond donors (Lipinski definition) is 0. The SMILES string of the molecule is CCN(CC)CCC(=O)c1c(C)cc(C)cc1C. The molecule has 2 nitrogen and oxygen atoms in total. The highest BCUT2D eigenvalue weighted by molar-refractivity contribution is 5.99. The third kappa shape index (κ3) is 3.67. The molecule has 0 aliphatic heterocycles. The molecule has 18 heavy (non-hydrogen) atoms. The first-order valence-electron chi connectivity index (χ1n) is 6.83. The minimum atomic E-state index is 0.275. The predicted octanol–water partition coefficient (Wildman–Crippen LogP) is 3.53. The summed E-state index contributed by atoms with van der Waals surface area (Å²) in [6, 6.07) is 4.19. The van der Waals surface area contributed by atoms with E-state index in [1.807, 2.05) is 13.8 Å². The molecule has 0 atom stereocenters. The molecule has 0 aliphatic rings. The molecule has 0 bridgehead atoms. The van der Waals surface area contributed by atoms with Gasteiger partial charge in [0.05, 0.1) is 0 Å². The van der Waals surface area contributed by atoms with Gasteiger partial charge in [0.2, 0.25) is 0 Å². The van der Waals surface area contributed by atoms with Crippen LogP contribution in [0.5, 0.6) is 0 Å². The summed E-state index contributed by atoms with van der Waals surface area (Å²) in [7, 11) is 0. The van der Waals surface area contributed by atoms with Crippen molar-refractivity contribution >= 4 is 5.78 Å². The highest BCUT2D eigenvalue weighted by Gasteiger charge is 2.13. The average molecular weight is 247 g/mol. The Kier molecular flexibility index (Phi) is 5.54. The zero-order valence-corrected chi connectivity index (χ0v) is 12.3. The van der Waals surface area contributed by atoms with Crippen molar-refractivity contribution in [3.8, 4) is 0 Å². The Morgan fingerprint density at radius 3 is 2.00 bits per heavy atom. The summed E-state index contributed by atoms with van der Waals surface area (Å²) < 4.78 is 0. The summed E-state index contributed by atoms with van der Waals surface area (Å²) in [5, 5.41) is 0. The standard InChI is InChI=1S/C16H25NO/c1-6-17(7-2)9-8-15(18)16-13(4)10-12(3)11-14(16)5/h10-11H,6-9H2,1-5H3. The van der Waals surface area contributed by atoms with E-state index in [0.29, 0.717) is 6.42 Å². The third-order valence-electron chi connectivity index (χ3n) is 3.51. The van der Waals surface area contributed by atoms with Crippen LogP contribution in [0.15, 0.2) is 12.1 Å². The van der Waals surface area contributed by atoms with Crippen LogP contribution < -0.4 is 0 Å². The van der Waals surface area contributed by atoms with Crippen LogP contribution in [-0.4, -0.2) is 30.3 Å². The van der Waals surface area contributed by atoms with Crippen molar-refractivity contribution in [3.63, 3.8) is 0 Å². The van der Waals surface area contributed by atoms with Crippen molar-refractivity contribution in [2.24, 2.45) is 0 Å². The van der Waals surface area contributed by atoms with Gasteiger partial charge >= 0.3 is 0 Å². The number of rotatable bonds is 6. The first kappa shape index (κ1) is 14.9. The Hall–Kier alpha value is -1.15. The second-order valence-electron chi connectivity index (χ2n) is 4.97. The van der Waals surface area contributed by atoms with E-state index in [1.54, 1.807) is 0 Å². The molecule has 0 unspecified atom stereocenters. The van der Waals surface area contributed by atoms with Gasteiger partial charge < -0.3 is 4.90 Å². The van der Waals surface area contributed by atoms with Crippen molar-refractivity contribution in [3.05, 3.63) is 34.4 Å². The van der Waals surface area contributed by atoms with Gasteiger partial charge in [-0.05, 0) is 45.0 Å². The predicted molar refractivity (Wildman–Crippen MR) is 77.4 cm³/mol. The summed E-state index contributed by atoms with van der Waals surface area (Å²) in [5.41, 5.74) is 4.37. The van der Waals surface area contributed by atoms with Gasteiger partial charge in [-0.3, -0.25) is 4.79 Å². The number of nitrogens with zero attached hydrogens (tertiary/aromatic N) is 1. The van der Waals surface area contributed by atoms with Gasteiger partial charge in [-0.1, -0.05) is 31.5 Å². The van der Waals surface area contributed by atoms with Gasteiger partial charge in [0, 0.05) is 18.5 Å². The summed E-state index contributed by atoms with van der Waals surface area (Å²) in [5.74, 6) is 0.275. The quantitative estimate of drug-likeness (QED) is 0.717. The van der Waals surface area contributed by atoms with E-state index < -0.39 is 0 Å². The number of ketones is 1. The Labute approximate surface area is 111 Å². The lowest BCUT2D eigenvalue weighted by atomic mass is 9.95. The van der Waals surface area contributed by atoms with E-state index in [4.69, 9.17) is 0 Å². The Bertz CT molecular complexity index is 396. The molecular weight excluding hydrogens is 222 g/mol. The van der Waals surface area contributed by atoms with Crippen molar-refractivity contribution in [1.29, 1.82) is 0 Å². The van der Waals surface area contributed by atoms with Crippen LogP contribution >= 0.6 is 0 Å². The van der Waals surface area contributed by atoms with E-state index >= 15 is 0 Å². The topological polar surface area (TPSA) is 20.3 Å². The molecule has 0 aliphatic carbocycles. The average Bonchev–Trinajstić information content (AvgIpc) is 2.28. The summed E-state index contributed by atoms with van der Waals surface area (Å²) in [4.78, 5) is 14.6. The molecule has 0 heterocycles. The molecule has 0 amide bonds. The van der Waals surface area contributed by atoms with Crippen molar-refractivity contribution in [1.82, 2.24) is 4.90 Å². The van der Waals surface area contributed by atoms with Crippen LogP contribution in [0.4, 0.5) is 0 Å². The van der Waals surface area contributed by atoms with Gasteiger partial charge in [0.15, 0.2) is 5.78 Å². The Balaban J connectivity index is 2.79. The number of hydrogen-bond acceptors (Lipinski definition) is 2. The lowest BCUT2D eigenvalue weighted by Gasteiger charge is -2.18. The maximum atomic E-state index is 12.3. The number of carbonyl (C=O) groups excluding carboxylic acids is 1. The zero-order chi connectivity index (χ0) is 13.7. The molecule has 0 fully saturated rings. The highest BCUT2D eigenvalue weighted by atomic mass is 16.1. The molecule has 1 aromatic carbocycles. The van der Waals surface area contributed by atoms with Gasteiger partial charge in [-0.2, -0.15) is 0 Å². The van der Waals surface area contributed by atoms with Gasteiger partial charge in [-0.25, -0.2) is 0 Å². The number of carbonyl (C=O) groups is 1. The Morgan fingerprint density at radius 1 is 1.06 bits per heavy atom. The van der Waals surface area contributed by atoms with Crippen LogP contribution in [0.3, 0.4) is 0 Å². The number of benzene rings is 1. The molecule has 0 saturated carbocycles. The summed E-state index contributed by atoms with van der Waals surface area (Å²) in [6.45, 7) is 13.3. The van der Waals surface area contributed by atoms with E-state index in [1.165, 1.54) is 5.56 Å². The van der Waals surface area contributed by atoms with Crippen LogP contribution in [0.2, 0.25) is 0 Å². The number of Topliss-reactive ketones (excluding diaryl/α,β-unsaturated/α-hetero) is 1. The first-order chi connectivity index (χ1) is 8.49. The molecule has 100 valence electrons. The van der Waals surface area contributed by atoms with E-state index in [9.17, 15) is 4.79 Å². The molecule has 1 aromatic rings. The fourth-order valence-electron chi connectivity index (χ4n) is 2.54. The van der Waals surface area contributed by atoms with Crippen molar-refractivity contribution in [2.75, 3.05) is 19.6 Å². The molecule has 0 N–H and O–H groups in total. The molecule has 0 spiro atoms. The van der Waals surface area contributed by atoms with E-state index in [0.717, 1.165) is 36.3 Å². The second kappa shape index (κ2) is 6.69. The minimum absolute atomic E-state index is 0.275. The largest absolute Gasteiger partial charge is 0.303 e. The monoisotopic (exact) mass is 247 g/mol. The molecule has 1 rings (SSSR count). The fourth-order valence-corrected chi connectivity index (χ4v) is 2.54. The molecule has 0 saturated heterocycles. The smallest absolute Gasteiger partial charge is 0.164 e. The normalized spacial score (nSPS) is 11.0. The Morgan fingerprint density at radius 2 is 1.56 bits per heavy atom. The van der Waals surface area contributed by atoms with E-state index in [-0.39, 0.29) is 5.78 Å². The first-order valence-corrected chi connectivity index (χ1v) is 6.83. The van der Waals surface area contributed by atoms with Crippen LogP contribution in [0, 0.1) is 20.8 Å². The van der Waals surface area contributed by atoms with E-state index in [2.05, 4.69) is 37.8 Å². The number of aryl methyl sites for hydroxylation is 3. The third-order valence-corrected chi connectivity index (χ3v) is 3.51. The fraction of sp³-hybridized carbons (Fsp3) is 0.562. The van der Waals surface area contributed by atoms with Crippen LogP contribution in [-0.2, 0) is 0 Å². The maximum absolute atomic E-state index is 12.3. The van der Waals surface area contributed by atoms with Crippen molar-refractivity contribution in [2.45, 2.75) is 41.0 Å². The molecular formula is C16H25NO. The summed E-state index contributed by atoms with van der Waals surface area (Å²) in [6.07, 6.45) is 0.617. The molecule has 0 radical (unpaired) electrons. The molecule has 0 aromatic heterocycles. The van der Waals surface area contributed by atoms with Crippen molar-refractivity contribution < 1.29 is 4.79 Å². The van der Waals surface area contributed by atoms with Crippen LogP contribution in [0.1, 0.15) is 47.3 Å². The van der Waals surface area contributed by atoms with Gasteiger partial charge in [0.1, 0.15) is 0 Å². The van der Waals surface area contributed by atoms with Gasteiger partial charge in [0.25, 0.3) is 0 Å². The maximum Gasteiger partial charge on any atom is 0.164 e. The van der Waals surface area contributed by atoms with Crippen LogP contribution in [0.25, 0.3) is 0 Å².